The van der Waals surface area contributed by atoms with Crippen LogP contribution in [0.15, 0.2) is 61.4 Å². The van der Waals surface area contributed by atoms with Gasteiger partial charge in [-0.2, -0.15) is 5.10 Å². The Balaban J connectivity index is 1.48. The van der Waals surface area contributed by atoms with Crippen LogP contribution in [0.25, 0.3) is 16.9 Å². The Bertz CT molecular complexity index is 1120. The number of primary amides is 1. The first-order valence-corrected chi connectivity index (χ1v) is 8.91. The van der Waals surface area contributed by atoms with Crippen molar-refractivity contribution in [1.82, 2.24) is 24.1 Å². The molecule has 1 atom stereocenters. The van der Waals surface area contributed by atoms with Crippen molar-refractivity contribution in [3.05, 3.63) is 72.6 Å². The topological polar surface area (TPSA) is 91.1 Å². The molecule has 1 amide bonds. The molecule has 1 fully saturated rings. The normalized spacial score (nSPS) is 15.1. The van der Waals surface area contributed by atoms with Crippen molar-refractivity contribution in [2.24, 2.45) is 5.73 Å². The van der Waals surface area contributed by atoms with Gasteiger partial charge in [0, 0.05) is 18.0 Å². The molecule has 3 aromatic heterocycles. The molecule has 7 heteroatoms. The van der Waals surface area contributed by atoms with Gasteiger partial charge in [0.05, 0.1) is 12.0 Å². The van der Waals surface area contributed by atoms with E-state index in [4.69, 9.17) is 5.73 Å². The highest BCUT2D eigenvalue weighted by Crippen LogP contribution is 2.40. The Kier molecular flexibility index (Phi) is 3.53. The third kappa shape index (κ3) is 2.87. The lowest BCUT2D eigenvalue weighted by atomic mass is 10.0. The Morgan fingerprint density at radius 3 is 2.70 bits per heavy atom. The molecule has 3 heterocycles. The number of amides is 1. The first-order chi connectivity index (χ1) is 13.2. The minimum absolute atomic E-state index is 0.411. The predicted molar refractivity (Wildman–Crippen MR) is 100.0 cm³/mol. The quantitative estimate of drug-likeness (QED) is 0.593. The standard InChI is InChI=1S/C20H18N6O/c21-20(27)19(15-5-3-14(4-6-15)13-1-2-13)25-10-17(23-12-25)16-7-8-26-18(9-16)22-11-24-26/h3-13,19H,1-2H2,(H2,21,27). The average molecular weight is 358 g/mol. The minimum Gasteiger partial charge on any atom is -0.368 e. The molecule has 27 heavy (non-hydrogen) atoms. The van der Waals surface area contributed by atoms with Crippen LogP contribution < -0.4 is 5.73 Å². The van der Waals surface area contributed by atoms with Crippen LogP contribution in [0.5, 0.6) is 0 Å². The van der Waals surface area contributed by atoms with Crippen molar-refractivity contribution < 1.29 is 4.79 Å². The summed E-state index contributed by atoms with van der Waals surface area (Å²) in [5, 5.41) is 4.09. The van der Waals surface area contributed by atoms with Crippen LogP contribution in [-0.4, -0.2) is 30.1 Å². The molecule has 1 aromatic carbocycles. The fraction of sp³-hybridized carbons (Fsp3) is 0.200. The summed E-state index contributed by atoms with van der Waals surface area (Å²) in [5.74, 6) is 0.268. The van der Waals surface area contributed by atoms with Crippen LogP contribution in [0.2, 0.25) is 0 Å². The number of nitrogens with two attached hydrogens (primary N) is 1. The second-order valence-corrected chi connectivity index (χ2v) is 6.93. The number of fused-ring (bicyclic) bond motifs is 1. The van der Waals surface area contributed by atoms with Gasteiger partial charge in [-0.1, -0.05) is 24.3 Å². The second-order valence-electron chi connectivity index (χ2n) is 6.93. The molecule has 0 spiro atoms. The van der Waals surface area contributed by atoms with Crippen molar-refractivity contribution in [1.29, 1.82) is 0 Å². The number of rotatable bonds is 5. The summed E-state index contributed by atoms with van der Waals surface area (Å²) >= 11 is 0. The van der Waals surface area contributed by atoms with E-state index in [9.17, 15) is 4.79 Å². The van der Waals surface area contributed by atoms with Gasteiger partial charge in [0.1, 0.15) is 12.4 Å². The van der Waals surface area contributed by atoms with E-state index in [0.29, 0.717) is 5.92 Å². The van der Waals surface area contributed by atoms with Crippen LogP contribution in [-0.2, 0) is 4.79 Å². The number of imidazole rings is 1. The van der Waals surface area contributed by atoms with Gasteiger partial charge in [-0.3, -0.25) is 4.79 Å². The lowest BCUT2D eigenvalue weighted by Gasteiger charge is -2.15. The van der Waals surface area contributed by atoms with Crippen LogP contribution >= 0.6 is 0 Å². The Morgan fingerprint density at radius 1 is 1.15 bits per heavy atom. The summed E-state index contributed by atoms with van der Waals surface area (Å²) in [7, 11) is 0. The molecule has 4 aromatic rings. The summed E-state index contributed by atoms with van der Waals surface area (Å²) < 4.78 is 3.45. The van der Waals surface area contributed by atoms with E-state index < -0.39 is 11.9 Å². The van der Waals surface area contributed by atoms with Crippen molar-refractivity contribution >= 4 is 11.6 Å². The number of hydrogen-bond donors (Lipinski definition) is 1. The van der Waals surface area contributed by atoms with Crippen molar-refractivity contribution in [3.8, 4) is 11.3 Å². The van der Waals surface area contributed by atoms with E-state index in [1.807, 2.05) is 36.7 Å². The maximum atomic E-state index is 12.2. The fourth-order valence-corrected chi connectivity index (χ4v) is 3.45. The molecule has 5 rings (SSSR count). The van der Waals surface area contributed by atoms with Gasteiger partial charge >= 0.3 is 0 Å². The van der Waals surface area contributed by atoms with Gasteiger partial charge < -0.3 is 10.3 Å². The third-order valence-electron chi connectivity index (χ3n) is 5.05. The molecular formula is C20H18N6O. The van der Waals surface area contributed by atoms with Crippen LogP contribution in [0.1, 0.15) is 35.9 Å². The Labute approximate surface area is 155 Å². The zero-order valence-electron chi connectivity index (χ0n) is 14.6. The fourth-order valence-electron chi connectivity index (χ4n) is 3.45. The molecule has 134 valence electrons. The summed E-state index contributed by atoms with van der Waals surface area (Å²) in [4.78, 5) is 20.8. The smallest absolute Gasteiger partial charge is 0.245 e. The number of pyridine rings is 1. The SMILES string of the molecule is NC(=O)C(c1ccc(C2CC2)cc1)n1cnc(-c2ccn3ncnc3c2)c1. The van der Waals surface area contributed by atoms with E-state index in [-0.39, 0.29) is 0 Å². The van der Waals surface area contributed by atoms with Crippen LogP contribution in [0.3, 0.4) is 0 Å². The lowest BCUT2D eigenvalue weighted by molar-refractivity contribution is -0.120. The van der Waals surface area contributed by atoms with Crippen LogP contribution in [0.4, 0.5) is 0 Å². The lowest BCUT2D eigenvalue weighted by Crippen LogP contribution is -2.26. The van der Waals surface area contributed by atoms with E-state index >= 15 is 0 Å². The van der Waals surface area contributed by atoms with Gasteiger partial charge in [-0.05, 0) is 42.0 Å². The average Bonchev–Trinajstić information content (AvgIpc) is 3.22. The molecule has 0 saturated heterocycles. The summed E-state index contributed by atoms with van der Waals surface area (Å²) in [6.45, 7) is 0. The molecule has 1 aliphatic carbocycles. The predicted octanol–water partition coefficient (Wildman–Crippen LogP) is 2.54. The number of nitrogens with zero attached hydrogens (tertiary/aromatic N) is 5. The largest absolute Gasteiger partial charge is 0.368 e. The number of hydrogen-bond acceptors (Lipinski definition) is 4. The molecule has 7 nitrogen and oxygen atoms in total. The highest BCUT2D eigenvalue weighted by Gasteiger charge is 2.25. The Morgan fingerprint density at radius 2 is 1.96 bits per heavy atom. The zero-order chi connectivity index (χ0) is 18.4. The number of benzene rings is 1. The minimum atomic E-state index is -0.587. The molecular weight excluding hydrogens is 340 g/mol. The van der Waals surface area contributed by atoms with Gasteiger partial charge in [0.25, 0.3) is 0 Å². The Hall–Kier alpha value is -3.48. The molecule has 0 bridgehead atoms. The van der Waals surface area contributed by atoms with Crippen molar-refractivity contribution in [2.75, 3.05) is 0 Å². The third-order valence-corrected chi connectivity index (χ3v) is 5.05. The van der Waals surface area contributed by atoms with Crippen molar-refractivity contribution in [3.63, 3.8) is 0 Å². The van der Waals surface area contributed by atoms with Gasteiger partial charge in [0.15, 0.2) is 5.65 Å². The summed E-state index contributed by atoms with van der Waals surface area (Å²) in [6, 6.07) is 11.4. The van der Waals surface area contributed by atoms with Crippen LogP contribution in [0, 0.1) is 0 Å². The van der Waals surface area contributed by atoms with Gasteiger partial charge in [0.2, 0.25) is 5.91 Å². The molecule has 0 radical (unpaired) electrons. The maximum absolute atomic E-state index is 12.2. The number of carbonyl (C=O) groups is 1. The van der Waals surface area contributed by atoms with E-state index in [0.717, 1.165) is 22.5 Å². The first-order valence-electron chi connectivity index (χ1n) is 8.91. The van der Waals surface area contributed by atoms with Gasteiger partial charge in [-0.15, -0.1) is 0 Å². The highest BCUT2D eigenvalue weighted by atomic mass is 16.1. The number of carbonyl (C=O) groups excluding carboxylic acids is 1. The molecule has 1 aliphatic rings. The van der Waals surface area contributed by atoms with E-state index in [1.54, 1.807) is 15.4 Å². The molecule has 0 aliphatic heterocycles. The van der Waals surface area contributed by atoms with Crippen molar-refractivity contribution in [2.45, 2.75) is 24.8 Å². The van der Waals surface area contributed by atoms with Gasteiger partial charge in [-0.25, -0.2) is 14.5 Å². The zero-order valence-corrected chi connectivity index (χ0v) is 14.6. The second kappa shape index (κ2) is 6.05. The first kappa shape index (κ1) is 15.7. The summed E-state index contributed by atoms with van der Waals surface area (Å²) in [5.41, 5.74) is 10.3. The number of aromatic nitrogens is 5. The van der Waals surface area contributed by atoms with E-state index in [2.05, 4.69) is 27.2 Å². The monoisotopic (exact) mass is 358 g/mol. The molecule has 2 N–H and O–H groups in total. The maximum Gasteiger partial charge on any atom is 0.245 e. The molecule has 1 saturated carbocycles. The highest BCUT2D eigenvalue weighted by molar-refractivity contribution is 5.82. The molecule has 1 unspecified atom stereocenters. The van der Waals surface area contributed by atoms with E-state index in [1.165, 1.54) is 24.7 Å². The summed E-state index contributed by atoms with van der Waals surface area (Å²) in [6.07, 6.45) is 9.32.